The predicted molar refractivity (Wildman–Crippen MR) is 79.6 cm³/mol. The van der Waals surface area contributed by atoms with Crippen LogP contribution in [0.1, 0.15) is 15.9 Å². The molecular formula is C13H14Cl2N2O. The minimum Gasteiger partial charge on any atom is -0.399 e. The Morgan fingerprint density at radius 3 is 2.11 bits per heavy atom. The van der Waals surface area contributed by atoms with Crippen LogP contribution < -0.4 is 11.5 Å². The maximum atomic E-state index is 12.1. The van der Waals surface area contributed by atoms with Crippen molar-refractivity contribution < 1.29 is 4.79 Å². The van der Waals surface area contributed by atoms with Crippen LogP contribution in [-0.4, -0.2) is 5.78 Å². The summed E-state index contributed by atoms with van der Waals surface area (Å²) in [4.78, 5) is 12.1. The first kappa shape index (κ1) is 16.3. The molecule has 5 heteroatoms. The third-order valence-corrected chi connectivity index (χ3v) is 2.36. The average molecular weight is 285 g/mol. The summed E-state index contributed by atoms with van der Waals surface area (Å²) in [6.45, 7) is 0. The lowest BCUT2D eigenvalue weighted by Gasteiger charge is -2.05. The number of carbonyl (C=O) groups is 1. The Morgan fingerprint density at radius 1 is 0.889 bits per heavy atom. The van der Waals surface area contributed by atoms with Crippen molar-refractivity contribution in [2.75, 3.05) is 11.5 Å². The molecule has 0 spiro atoms. The fourth-order valence-electron chi connectivity index (χ4n) is 1.52. The molecule has 0 fully saturated rings. The van der Waals surface area contributed by atoms with Crippen molar-refractivity contribution in [1.29, 1.82) is 0 Å². The monoisotopic (exact) mass is 284 g/mol. The third-order valence-electron chi connectivity index (χ3n) is 2.36. The van der Waals surface area contributed by atoms with Crippen molar-refractivity contribution in [3.8, 4) is 0 Å². The molecular weight excluding hydrogens is 271 g/mol. The molecule has 4 N–H and O–H groups in total. The zero-order chi connectivity index (χ0) is 11.5. The molecule has 18 heavy (non-hydrogen) atoms. The van der Waals surface area contributed by atoms with E-state index in [1.807, 2.05) is 18.2 Å². The number of nitrogen functional groups attached to an aromatic ring is 2. The third kappa shape index (κ3) is 3.39. The van der Waals surface area contributed by atoms with E-state index in [0.717, 1.165) is 0 Å². The number of rotatable bonds is 2. The molecule has 0 aliphatic carbocycles. The van der Waals surface area contributed by atoms with Gasteiger partial charge in [-0.3, -0.25) is 4.79 Å². The number of hydrogen-bond donors (Lipinski definition) is 2. The van der Waals surface area contributed by atoms with Gasteiger partial charge in [0.2, 0.25) is 0 Å². The van der Waals surface area contributed by atoms with Crippen LogP contribution in [0.15, 0.2) is 48.5 Å². The molecule has 0 bridgehead atoms. The van der Waals surface area contributed by atoms with E-state index in [-0.39, 0.29) is 30.6 Å². The van der Waals surface area contributed by atoms with E-state index in [1.165, 1.54) is 0 Å². The highest BCUT2D eigenvalue weighted by atomic mass is 35.5. The Morgan fingerprint density at radius 2 is 1.50 bits per heavy atom. The number of hydrogen-bond acceptors (Lipinski definition) is 3. The SMILES string of the molecule is Cl.Cl.Nc1ccc(N)c(C(=O)c2ccccc2)c1. The van der Waals surface area contributed by atoms with E-state index in [0.29, 0.717) is 22.5 Å². The predicted octanol–water partition coefficient (Wildman–Crippen LogP) is 2.93. The second-order valence-corrected chi connectivity index (χ2v) is 3.54. The summed E-state index contributed by atoms with van der Waals surface area (Å²) in [6, 6.07) is 13.9. The summed E-state index contributed by atoms with van der Waals surface area (Å²) in [7, 11) is 0. The zero-order valence-corrected chi connectivity index (χ0v) is 11.1. The van der Waals surface area contributed by atoms with E-state index in [9.17, 15) is 4.79 Å². The van der Waals surface area contributed by atoms with Gasteiger partial charge < -0.3 is 11.5 Å². The van der Waals surface area contributed by atoms with Gasteiger partial charge in [-0.2, -0.15) is 0 Å². The smallest absolute Gasteiger partial charge is 0.195 e. The number of halogens is 2. The number of nitrogens with two attached hydrogens (primary N) is 2. The molecule has 0 aliphatic heterocycles. The van der Waals surface area contributed by atoms with E-state index < -0.39 is 0 Å². The summed E-state index contributed by atoms with van der Waals surface area (Å²) in [6.07, 6.45) is 0. The number of anilines is 2. The van der Waals surface area contributed by atoms with E-state index in [4.69, 9.17) is 11.5 Å². The van der Waals surface area contributed by atoms with Crippen molar-refractivity contribution in [3.63, 3.8) is 0 Å². The van der Waals surface area contributed by atoms with Gasteiger partial charge in [0.1, 0.15) is 0 Å². The second-order valence-electron chi connectivity index (χ2n) is 3.54. The van der Waals surface area contributed by atoms with Crippen LogP contribution in [0.5, 0.6) is 0 Å². The zero-order valence-electron chi connectivity index (χ0n) is 9.50. The minimum absolute atomic E-state index is 0. The number of benzene rings is 2. The normalized spacial score (nSPS) is 8.89. The highest BCUT2D eigenvalue weighted by molar-refractivity contribution is 6.12. The molecule has 0 amide bonds. The van der Waals surface area contributed by atoms with Crippen LogP contribution in [0.3, 0.4) is 0 Å². The van der Waals surface area contributed by atoms with Crippen LogP contribution in [0, 0.1) is 0 Å². The molecule has 0 unspecified atom stereocenters. The first-order chi connectivity index (χ1) is 7.68. The van der Waals surface area contributed by atoms with Crippen LogP contribution >= 0.6 is 24.8 Å². The fourth-order valence-corrected chi connectivity index (χ4v) is 1.52. The lowest BCUT2D eigenvalue weighted by molar-refractivity contribution is 0.103. The quantitative estimate of drug-likeness (QED) is 0.658. The van der Waals surface area contributed by atoms with Crippen LogP contribution in [-0.2, 0) is 0 Å². The summed E-state index contributed by atoms with van der Waals surface area (Å²) in [5.41, 5.74) is 13.4. The Balaban J connectivity index is 0.00000144. The van der Waals surface area contributed by atoms with Gasteiger partial charge in [0, 0.05) is 22.5 Å². The molecule has 0 aliphatic rings. The van der Waals surface area contributed by atoms with Gasteiger partial charge in [-0.1, -0.05) is 30.3 Å². The maximum Gasteiger partial charge on any atom is 0.195 e. The first-order valence-electron chi connectivity index (χ1n) is 4.93. The van der Waals surface area contributed by atoms with E-state index in [2.05, 4.69) is 0 Å². The Labute approximate surface area is 118 Å². The van der Waals surface area contributed by atoms with Crippen molar-refractivity contribution in [1.82, 2.24) is 0 Å². The summed E-state index contributed by atoms with van der Waals surface area (Å²) in [5.74, 6) is -0.106. The van der Waals surface area contributed by atoms with Crippen LogP contribution in [0.2, 0.25) is 0 Å². The topological polar surface area (TPSA) is 69.1 Å². The van der Waals surface area contributed by atoms with Crippen molar-refractivity contribution in [2.24, 2.45) is 0 Å². The van der Waals surface area contributed by atoms with Crippen molar-refractivity contribution in [2.45, 2.75) is 0 Å². The van der Waals surface area contributed by atoms with Crippen molar-refractivity contribution in [3.05, 3.63) is 59.7 Å². The van der Waals surface area contributed by atoms with Crippen molar-refractivity contribution >= 4 is 42.0 Å². The average Bonchev–Trinajstić information content (AvgIpc) is 2.32. The Bertz CT molecular complexity index is 530. The molecule has 0 saturated heterocycles. The second kappa shape index (κ2) is 6.89. The van der Waals surface area contributed by atoms with Crippen LogP contribution in [0.25, 0.3) is 0 Å². The molecule has 3 nitrogen and oxygen atoms in total. The number of ketones is 1. The highest BCUT2D eigenvalue weighted by Gasteiger charge is 2.11. The van der Waals surface area contributed by atoms with E-state index in [1.54, 1.807) is 30.3 Å². The minimum atomic E-state index is -0.106. The van der Waals surface area contributed by atoms with E-state index >= 15 is 0 Å². The van der Waals surface area contributed by atoms with Crippen LogP contribution in [0.4, 0.5) is 11.4 Å². The standard InChI is InChI=1S/C13H12N2O.2ClH/c14-10-6-7-12(15)11(8-10)13(16)9-4-2-1-3-5-9;;/h1-8H,14-15H2;2*1H. The molecule has 0 radical (unpaired) electrons. The van der Waals surface area contributed by atoms with Gasteiger partial charge in [-0.25, -0.2) is 0 Å². The Kier molecular flexibility index (Phi) is 6.23. The largest absolute Gasteiger partial charge is 0.399 e. The molecule has 2 aromatic rings. The van der Waals surface area contributed by atoms with Gasteiger partial charge in [0.25, 0.3) is 0 Å². The lowest BCUT2D eigenvalue weighted by Crippen LogP contribution is -2.06. The fraction of sp³-hybridized carbons (Fsp3) is 0. The molecule has 96 valence electrons. The van der Waals surface area contributed by atoms with Gasteiger partial charge in [-0.05, 0) is 18.2 Å². The molecule has 2 rings (SSSR count). The van der Waals surface area contributed by atoms with Gasteiger partial charge in [0.05, 0.1) is 0 Å². The Hall–Kier alpha value is -1.71. The lowest BCUT2D eigenvalue weighted by atomic mass is 10.0. The highest BCUT2D eigenvalue weighted by Crippen LogP contribution is 2.19. The van der Waals surface area contributed by atoms with Gasteiger partial charge in [0.15, 0.2) is 5.78 Å². The molecule has 0 aromatic heterocycles. The maximum absolute atomic E-state index is 12.1. The van der Waals surface area contributed by atoms with Gasteiger partial charge >= 0.3 is 0 Å². The summed E-state index contributed by atoms with van der Waals surface area (Å²) < 4.78 is 0. The summed E-state index contributed by atoms with van der Waals surface area (Å²) in [5, 5.41) is 0. The first-order valence-corrected chi connectivity index (χ1v) is 4.93. The molecule has 2 aromatic carbocycles. The molecule has 0 saturated carbocycles. The summed E-state index contributed by atoms with van der Waals surface area (Å²) >= 11 is 0. The molecule has 0 heterocycles. The number of carbonyl (C=O) groups excluding carboxylic acids is 1. The molecule has 0 atom stereocenters. The van der Waals surface area contributed by atoms with Gasteiger partial charge in [-0.15, -0.1) is 24.8 Å².